The van der Waals surface area contributed by atoms with Crippen LogP contribution in [0.25, 0.3) is 21.9 Å². The smallest absolute Gasteiger partial charge is 0.122 e. The van der Waals surface area contributed by atoms with Crippen LogP contribution in [0.3, 0.4) is 0 Å². The first-order chi connectivity index (χ1) is 16.0. The summed E-state index contributed by atoms with van der Waals surface area (Å²) in [5.74, 6) is 1.97. The first-order valence-electron chi connectivity index (χ1n) is 11.1. The minimum Gasteiger partial charge on any atom is -0.508 e. The summed E-state index contributed by atoms with van der Waals surface area (Å²) in [5.41, 5.74) is 9.63. The predicted molar refractivity (Wildman–Crippen MR) is 133 cm³/mol. The Balaban J connectivity index is 1.40. The van der Waals surface area contributed by atoms with Crippen molar-refractivity contribution in [1.29, 1.82) is 5.41 Å². The molecule has 0 aliphatic carbocycles. The number of hydrogen-bond acceptors (Lipinski definition) is 4. The first-order valence-corrected chi connectivity index (χ1v) is 11.1. The molecule has 0 atom stereocenters. The third-order valence-corrected chi connectivity index (χ3v) is 5.51. The highest BCUT2D eigenvalue weighted by atomic mass is 16.5. The molecule has 0 amide bonds. The summed E-state index contributed by atoms with van der Waals surface area (Å²) in [6.07, 6.45) is 1.94. The predicted octanol–water partition coefficient (Wildman–Crippen LogP) is 5.91. The van der Waals surface area contributed by atoms with E-state index in [1.54, 1.807) is 12.1 Å². The number of phenols is 1. The highest BCUT2D eigenvalue weighted by Crippen LogP contribution is 2.28. The van der Waals surface area contributed by atoms with Gasteiger partial charge < -0.3 is 20.3 Å². The number of nitrogen functional groups attached to an aromatic ring is 1. The SMILES string of the molecule is CCCc1cc(-c2ccc(C(=N)N)cc2)ccc1OCCOc1ccc2cc(O)ccc2c1. The second kappa shape index (κ2) is 10.1. The number of aryl methyl sites for hydroxylation is 1. The zero-order chi connectivity index (χ0) is 23.2. The first kappa shape index (κ1) is 22.2. The highest BCUT2D eigenvalue weighted by molar-refractivity contribution is 5.95. The lowest BCUT2D eigenvalue weighted by molar-refractivity contribution is 0.216. The highest BCUT2D eigenvalue weighted by Gasteiger charge is 2.08. The summed E-state index contributed by atoms with van der Waals surface area (Å²) >= 11 is 0. The largest absolute Gasteiger partial charge is 0.508 e. The molecule has 4 N–H and O–H groups in total. The number of fused-ring (bicyclic) bond motifs is 1. The van der Waals surface area contributed by atoms with Crippen molar-refractivity contribution in [2.75, 3.05) is 13.2 Å². The molecule has 0 radical (unpaired) electrons. The van der Waals surface area contributed by atoms with E-state index in [1.807, 2.05) is 54.6 Å². The van der Waals surface area contributed by atoms with Crippen LogP contribution in [0.15, 0.2) is 78.9 Å². The van der Waals surface area contributed by atoms with E-state index in [9.17, 15) is 5.11 Å². The van der Waals surface area contributed by atoms with E-state index in [4.69, 9.17) is 20.6 Å². The third-order valence-electron chi connectivity index (χ3n) is 5.51. The average molecular weight is 441 g/mol. The average Bonchev–Trinajstić information content (AvgIpc) is 2.83. The molecule has 5 heteroatoms. The van der Waals surface area contributed by atoms with E-state index in [2.05, 4.69) is 19.1 Å². The zero-order valence-electron chi connectivity index (χ0n) is 18.7. The van der Waals surface area contributed by atoms with Crippen molar-refractivity contribution in [3.63, 3.8) is 0 Å². The molecule has 4 rings (SSSR count). The third kappa shape index (κ3) is 5.44. The maximum absolute atomic E-state index is 9.59. The van der Waals surface area contributed by atoms with Gasteiger partial charge in [0.2, 0.25) is 0 Å². The molecule has 0 aromatic heterocycles. The number of ether oxygens (including phenoxy) is 2. The maximum Gasteiger partial charge on any atom is 0.122 e. The number of hydrogen-bond donors (Lipinski definition) is 3. The lowest BCUT2D eigenvalue weighted by Crippen LogP contribution is -2.10. The summed E-state index contributed by atoms with van der Waals surface area (Å²) < 4.78 is 11.9. The van der Waals surface area contributed by atoms with Gasteiger partial charge in [-0.3, -0.25) is 5.41 Å². The summed E-state index contributed by atoms with van der Waals surface area (Å²) in [5, 5.41) is 19.1. The number of benzene rings is 4. The molecule has 5 nitrogen and oxygen atoms in total. The number of nitrogens with two attached hydrogens (primary N) is 1. The molecule has 4 aromatic carbocycles. The van der Waals surface area contributed by atoms with Gasteiger partial charge in [0.05, 0.1) is 0 Å². The Morgan fingerprint density at radius 2 is 1.52 bits per heavy atom. The van der Waals surface area contributed by atoms with Crippen molar-refractivity contribution in [2.45, 2.75) is 19.8 Å². The van der Waals surface area contributed by atoms with Crippen molar-refractivity contribution < 1.29 is 14.6 Å². The Bertz CT molecular complexity index is 1270. The molecule has 0 aliphatic heterocycles. The number of amidine groups is 1. The monoisotopic (exact) mass is 440 g/mol. The normalized spacial score (nSPS) is 10.8. The van der Waals surface area contributed by atoms with Gasteiger partial charge in [0, 0.05) is 5.56 Å². The van der Waals surface area contributed by atoms with Gasteiger partial charge in [-0.25, -0.2) is 0 Å². The van der Waals surface area contributed by atoms with Gasteiger partial charge in [0.15, 0.2) is 0 Å². The Morgan fingerprint density at radius 1 is 0.818 bits per heavy atom. The zero-order valence-corrected chi connectivity index (χ0v) is 18.7. The Morgan fingerprint density at radius 3 is 2.27 bits per heavy atom. The molecular formula is C28H28N2O3. The minimum atomic E-state index is 0.0715. The van der Waals surface area contributed by atoms with Crippen molar-refractivity contribution in [3.05, 3.63) is 90.0 Å². The van der Waals surface area contributed by atoms with E-state index in [0.29, 0.717) is 13.2 Å². The molecule has 0 fully saturated rings. The lowest BCUT2D eigenvalue weighted by Gasteiger charge is -2.14. The fourth-order valence-corrected chi connectivity index (χ4v) is 3.82. The Kier molecular flexibility index (Phi) is 6.79. The summed E-state index contributed by atoms with van der Waals surface area (Å²) in [6, 6.07) is 25.0. The van der Waals surface area contributed by atoms with Crippen LogP contribution in [-0.4, -0.2) is 24.2 Å². The van der Waals surface area contributed by atoms with Crippen LogP contribution in [0, 0.1) is 5.41 Å². The molecule has 0 bridgehead atoms. The van der Waals surface area contributed by atoms with Crippen LogP contribution >= 0.6 is 0 Å². The standard InChI is InChI=1S/C28H28N2O3/c1-2-3-24-16-21(19-4-6-20(7-5-19)28(29)30)10-13-27(24)33-15-14-32-26-12-9-22-17-25(31)11-8-23(22)18-26/h4-13,16-18,31H,2-3,14-15H2,1H3,(H3,29,30). The van der Waals surface area contributed by atoms with Crippen molar-refractivity contribution in [3.8, 4) is 28.4 Å². The van der Waals surface area contributed by atoms with Crippen molar-refractivity contribution >= 4 is 16.6 Å². The Hall–Kier alpha value is -3.99. The maximum atomic E-state index is 9.59. The van der Waals surface area contributed by atoms with Crippen LogP contribution in [0.5, 0.6) is 17.2 Å². The molecule has 168 valence electrons. The quantitative estimate of drug-likeness (QED) is 0.172. The van der Waals surface area contributed by atoms with Gasteiger partial charge in [-0.1, -0.05) is 55.8 Å². The molecule has 0 heterocycles. The number of nitrogens with one attached hydrogen (secondary N) is 1. The molecular weight excluding hydrogens is 412 g/mol. The van der Waals surface area contributed by atoms with E-state index >= 15 is 0 Å². The van der Waals surface area contributed by atoms with Crippen molar-refractivity contribution in [2.24, 2.45) is 5.73 Å². The number of rotatable bonds is 9. The fraction of sp³-hybridized carbons (Fsp3) is 0.179. The van der Waals surface area contributed by atoms with Crippen LogP contribution in [0.1, 0.15) is 24.5 Å². The lowest BCUT2D eigenvalue weighted by atomic mass is 9.99. The summed E-state index contributed by atoms with van der Waals surface area (Å²) in [4.78, 5) is 0. The fourth-order valence-electron chi connectivity index (χ4n) is 3.82. The van der Waals surface area contributed by atoms with Gasteiger partial charge in [-0.15, -0.1) is 0 Å². The van der Waals surface area contributed by atoms with Gasteiger partial charge in [-0.05, 0) is 70.3 Å². The second-order valence-electron chi connectivity index (χ2n) is 7.95. The van der Waals surface area contributed by atoms with Gasteiger partial charge >= 0.3 is 0 Å². The number of aromatic hydroxyl groups is 1. The van der Waals surface area contributed by atoms with E-state index in [0.717, 1.165) is 57.4 Å². The van der Waals surface area contributed by atoms with Crippen LogP contribution < -0.4 is 15.2 Å². The van der Waals surface area contributed by atoms with E-state index < -0.39 is 0 Å². The van der Waals surface area contributed by atoms with Gasteiger partial charge in [0.1, 0.15) is 36.3 Å². The second-order valence-corrected chi connectivity index (χ2v) is 7.95. The molecule has 0 saturated heterocycles. The van der Waals surface area contributed by atoms with Gasteiger partial charge in [-0.2, -0.15) is 0 Å². The topological polar surface area (TPSA) is 88.6 Å². The molecule has 0 spiro atoms. The molecule has 0 saturated carbocycles. The van der Waals surface area contributed by atoms with Gasteiger partial charge in [0.25, 0.3) is 0 Å². The van der Waals surface area contributed by atoms with Crippen molar-refractivity contribution in [1.82, 2.24) is 0 Å². The number of phenolic OH excluding ortho intramolecular Hbond substituents is 1. The van der Waals surface area contributed by atoms with E-state index in [1.165, 1.54) is 0 Å². The molecule has 4 aromatic rings. The van der Waals surface area contributed by atoms with Crippen LogP contribution in [-0.2, 0) is 6.42 Å². The molecule has 0 unspecified atom stereocenters. The minimum absolute atomic E-state index is 0.0715. The summed E-state index contributed by atoms with van der Waals surface area (Å²) in [7, 11) is 0. The van der Waals surface area contributed by atoms with Crippen LogP contribution in [0.4, 0.5) is 0 Å². The Labute approximate surface area is 193 Å². The summed E-state index contributed by atoms with van der Waals surface area (Å²) in [6.45, 7) is 3.03. The molecule has 0 aliphatic rings. The molecule has 33 heavy (non-hydrogen) atoms. The van der Waals surface area contributed by atoms with Crippen LogP contribution in [0.2, 0.25) is 0 Å². The van der Waals surface area contributed by atoms with E-state index in [-0.39, 0.29) is 11.6 Å².